The lowest BCUT2D eigenvalue weighted by atomic mass is 10.1. The van der Waals surface area contributed by atoms with E-state index in [1.165, 1.54) is 0 Å². The number of benzene rings is 1. The third kappa shape index (κ3) is 2.21. The first-order valence-electron chi connectivity index (χ1n) is 3.36. The zero-order valence-electron chi connectivity index (χ0n) is 6.33. The molecule has 0 amide bonds. The van der Waals surface area contributed by atoms with Crippen LogP contribution in [0.3, 0.4) is 0 Å². The Balaban J connectivity index is 3.16. The highest BCUT2D eigenvalue weighted by atomic mass is 79.9. The molecule has 13 heavy (non-hydrogen) atoms. The van der Waals surface area contributed by atoms with Crippen LogP contribution in [0.25, 0.3) is 0 Å². The Morgan fingerprint density at radius 3 is 2.31 bits per heavy atom. The van der Waals surface area contributed by atoms with Crippen molar-refractivity contribution < 1.29 is 17.6 Å². The maximum absolute atomic E-state index is 12.9. The Hall–Kier alpha value is -0.580. The third-order valence-electron chi connectivity index (χ3n) is 1.49. The Bertz CT molecular complexity index is 311. The zero-order chi connectivity index (χ0) is 10.1. The molecule has 0 nitrogen and oxygen atoms in total. The molecule has 0 unspecified atom stereocenters. The molecule has 0 bridgehead atoms. The number of hydrogen-bond acceptors (Lipinski definition) is 0. The molecule has 1 aromatic rings. The molecule has 0 atom stereocenters. The van der Waals surface area contributed by atoms with Crippen LogP contribution in [0.5, 0.6) is 0 Å². The molecule has 5 heteroatoms. The molecule has 0 saturated heterocycles. The summed E-state index contributed by atoms with van der Waals surface area (Å²) in [6.07, 6.45) is 0. The maximum Gasteiger partial charge on any atom is 0.285 e. The summed E-state index contributed by atoms with van der Waals surface area (Å²) in [4.78, 5) is 0. The van der Waals surface area contributed by atoms with Crippen molar-refractivity contribution in [2.75, 3.05) is 5.33 Å². The highest BCUT2D eigenvalue weighted by Crippen LogP contribution is 2.31. The Morgan fingerprint density at radius 1 is 1.23 bits per heavy atom. The summed E-state index contributed by atoms with van der Waals surface area (Å²) in [6.45, 7) is 0. The fourth-order valence-electron chi connectivity index (χ4n) is 0.858. The largest absolute Gasteiger partial charge is 0.285 e. The molecule has 0 heterocycles. The fraction of sp³-hybridized carbons (Fsp3) is 0.250. The molecule has 0 aliphatic carbocycles. The molecule has 1 rings (SSSR count). The van der Waals surface area contributed by atoms with Gasteiger partial charge in [-0.3, -0.25) is 0 Å². The van der Waals surface area contributed by atoms with Gasteiger partial charge in [-0.2, -0.15) is 0 Å². The second-order valence-corrected chi connectivity index (χ2v) is 3.02. The van der Waals surface area contributed by atoms with E-state index < -0.39 is 28.5 Å². The topological polar surface area (TPSA) is 0 Å². The van der Waals surface area contributed by atoms with Crippen molar-refractivity contribution in [2.45, 2.75) is 5.92 Å². The lowest BCUT2D eigenvalue weighted by Gasteiger charge is -2.13. The van der Waals surface area contributed by atoms with E-state index in [4.69, 9.17) is 0 Å². The van der Waals surface area contributed by atoms with Crippen LogP contribution in [0.15, 0.2) is 18.2 Å². The molecule has 0 saturated carbocycles. The smallest absolute Gasteiger partial charge is 0.207 e. The van der Waals surface area contributed by atoms with Crippen LogP contribution < -0.4 is 0 Å². The minimum atomic E-state index is -3.31. The van der Waals surface area contributed by atoms with Crippen LogP contribution in [-0.4, -0.2) is 5.33 Å². The van der Waals surface area contributed by atoms with E-state index >= 15 is 0 Å². The van der Waals surface area contributed by atoms with E-state index in [2.05, 4.69) is 15.9 Å². The average molecular weight is 257 g/mol. The van der Waals surface area contributed by atoms with Crippen LogP contribution >= 0.6 is 15.9 Å². The van der Waals surface area contributed by atoms with Crippen LogP contribution in [0.2, 0.25) is 0 Å². The van der Waals surface area contributed by atoms with E-state index in [0.29, 0.717) is 6.07 Å². The molecule has 0 fully saturated rings. The molecule has 72 valence electrons. The zero-order valence-corrected chi connectivity index (χ0v) is 7.91. The van der Waals surface area contributed by atoms with Crippen LogP contribution in [0.1, 0.15) is 5.56 Å². The molecule has 0 aliphatic heterocycles. The maximum atomic E-state index is 12.9. The molecule has 0 N–H and O–H groups in total. The number of rotatable bonds is 2. The third-order valence-corrected chi connectivity index (χ3v) is 2.20. The summed E-state index contributed by atoms with van der Waals surface area (Å²) in [7, 11) is 0. The van der Waals surface area contributed by atoms with Gasteiger partial charge in [0, 0.05) is 6.07 Å². The number of alkyl halides is 3. The molecule has 0 spiro atoms. The summed E-state index contributed by atoms with van der Waals surface area (Å²) in [5, 5.41) is -0.692. The van der Waals surface area contributed by atoms with Gasteiger partial charge in [0.15, 0.2) is 0 Å². The van der Waals surface area contributed by atoms with Crippen molar-refractivity contribution >= 4 is 15.9 Å². The Kier molecular flexibility index (Phi) is 2.95. The van der Waals surface area contributed by atoms with Gasteiger partial charge in [-0.1, -0.05) is 15.9 Å². The minimum Gasteiger partial charge on any atom is -0.207 e. The molecule has 0 radical (unpaired) electrons. The number of halogens is 5. The monoisotopic (exact) mass is 256 g/mol. The van der Waals surface area contributed by atoms with Gasteiger partial charge in [-0.05, 0) is 12.1 Å². The van der Waals surface area contributed by atoms with Crippen molar-refractivity contribution in [2.24, 2.45) is 0 Å². The first-order valence-corrected chi connectivity index (χ1v) is 4.49. The predicted octanol–water partition coefficient (Wildman–Crippen LogP) is 3.45. The van der Waals surface area contributed by atoms with Crippen molar-refractivity contribution in [3.05, 3.63) is 35.4 Å². The van der Waals surface area contributed by atoms with E-state index in [9.17, 15) is 17.6 Å². The molecule has 0 aromatic heterocycles. The normalized spacial score (nSPS) is 11.8. The fourth-order valence-corrected chi connectivity index (χ4v) is 1.16. The first-order chi connectivity index (χ1) is 5.97. The number of hydrogen-bond donors (Lipinski definition) is 0. The lowest BCUT2D eigenvalue weighted by Crippen LogP contribution is -2.17. The van der Waals surface area contributed by atoms with Gasteiger partial charge in [0.1, 0.15) is 11.6 Å². The minimum absolute atomic E-state index is 0.436. The van der Waals surface area contributed by atoms with E-state index in [1.807, 2.05) is 0 Å². The quantitative estimate of drug-likeness (QED) is 0.562. The van der Waals surface area contributed by atoms with Gasteiger partial charge >= 0.3 is 0 Å². The summed E-state index contributed by atoms with van der Waals surface area (Å²) >= 11 is 2.55. The summed E-state index contributed by atoms with van der Waals surface area (Å²) in [5.41, 5.74) is -0.800. The molecular formula is C8H5BrF4. The van der Waals surface area contributed by atoms with E-state index in [-0.39, 0.29) is 0 Å². The summed E-state index contributed by atoms with van der Waals surface area (Å²) in [5.74, 6) is -5.41. The highest BCUT2D eigenvalue weighted by Gasteiger charge is 2.33. The SMILES string of the molecule is Fc1ccc(C(F)(F)CBr)c(F)c1. The standard InChI is InChI=1S/C8H5BrF4/c9-4-8(12,13)6-2-1-5(10)3-7(6)11/h1-3H,4H2. The first kappa shape index (κ1) is 10.5. The van der Waals surface area contributed by atoms with Gasteiger partial charge in [-0.15, -0.1) is 0 Å². The van der Waals surface area contributed by atoms with Crippen molar-refractivity contribution in [3.63, 3.8) is 0 Å². The highest BCUT2D eigenvalue weighted by molar-refractivity contribution is 9.09. The van der Waals surface area contributed by atoms with Crippen molar-refractivity contribution in [1.29, 1.82) is 0 Å². The van der Waals surface area contributed by atoms with Crippen molar-refractivity contribution in [3.8, 4) is 0 Å². The van der Waals surface area contributed by atoms with Gasteiger partial charge in [0.05, 0.1) is 10.9 Å². The second-order valence-electron chi connectivity index (χ2n) is 2.46. The predicted molar refractivity (Wildman–Crippen MR) is 44.0 cm³/mol. The molecule has 1 aromatic carbocycles. The van der Waals surface area contributed by atoms with Crippen LogP contribution in [-0.2, 0) is 5.92 Å². The Labute approximate surface area is 80.7 Å². The van der Waals surface area contributed by atoms with E-state index in [1.54, 1.807) is 0 Å². The van der Waals surface area contributed by atoms with Crippen LogP contribution in [0, 0.1) is 11.6 Å². The van der Waals surface area contributed by atoms with Gasteiger partial charge in [-0.25, -0.2) is 17.6 Å². The van der Waals surface area contributed by atoms with E-state index in [0.717, 1.165) is 12.1 Å². The molecular weight excluding hydrogens is 252 g/mol. The van der Waals surface area contributed by atoms with Gasteiger partial charge in [0.2, 0.25) is 0 Å². The summed E-state index contributed by atoms with van der Waals surface area (Å²) in [6, 6.07) is 1.98. The summed E-state index contributed by atoms with van der Waals surface area (Å²) < 4.78 is 50.9. The van der Waals surface area contributed by atoms with Gasteiger partial charge < -0.3 is 0 Å². The van der Waals surface area contributed by atoms with Gasteiger partial charge in [0.25, 0.3) is 5.92 Å². The Morgan fingerprint density at radius 2 is 1.85 bits per heavy atom. The average Bonchev–Trinajstić information content (AvgIpc) is 2.03. The van der Waals surface area contributed by atoms with Crippen LogP contribution in [0.4, 0.5) is 17.6 Å². The lowest BCUT2D eigenvalue weighted by molar-refractivity contribution is 0.0207. The molecule has 0 aliphatic rings. The van der Waals surface area contributed by atoms with Crippen molar-refractivity contribution in [1.82, 2.24) is 0 Å². The second kappa shape index (κ2) is 3.65.